The molecule has 3 rings (SSSR count). The average molecular weight is 277 g/mol. The molecular formula is C16H21ClN2. The maximum atomic E-state index is 6.32. The van der Waals surface area contributed by atoms with Crippen molar-refractivity contribution in [3.63, 3.8) is 0 Å². The first-order valence-corrected chi connectivity index (χ1v) is 7.66. The lowest BCUT2D eigenvalue weighted by atomic mass is 10.1. The molecule has 0 aliphatic carbocycles. The lowest BCUT2D eigenvalue weighted by molar-refractivity contribution is 0.216. The predicted molar refractivity (Wildman–Crippen MR) is 81.8 cm³/mol. The fourth-order valence-electron chi connectivity index (χ4n) is 3.15. The number of piperidine rings is 1. The van der Waals surface area contributed by atoms with E-state index in [1.54, 1.807) is 0 Å². The van der Waals surface area contributed by atoms with Crippen LogP contribution in [0.3, 0.4) is 0 Å². The van der Waals surface area contributed by atoms with Crippen molar-refractivity contribution >= 4 is 22.5 Å². The summed E-state index contributed by atoms with van der Waals surface area (Å²) in [5.41, 5.74) is 2.66. The predicted octanol–water partition coefficient (Wildman–Crippen LogP) is 4.30. The second-order valence-electron chi connectivity index (χ2n) is 5.39. The van der Waals surface area contributed by atoms with Crippen LogP contribution in [0, 0.1) is 0 Å². The van der Waals surface area contributed by atoms with Crippen LogP contribution in [0.4, 0.5) is 0 Å². The van der Waals surface area contributed by atoms with Gasteiger partial charge >= 0.3 is 0 Å². The standard InChI is InChI=1S/C16H21ClN2/c1-2-19-13(12-18-9-4-3-5-10-18)11-14-15(17)7-6-8-16(14)19/h6-8,11H,2-5,9-10,12H2,1H3. The minimum Gasteiger partial charge on any atom is -0.344 e. The summed E-state index contributed by atoms with van der Waals surface area (Å²) < 4.78 is 2.40. The number of fused-ring (bicyclic) bond motifs is 1. The Kier molecular flexibility index (Phi) is 3.81. The lowest BCUT2D eigenvalue weighted by Crippen LogP contribution is -2.29. The summed E-state index contributed by atoms with van der Waals surface area (Å²) in [5, 5.41) is 2.06. The fraction of sp³-hybridized carbons (Fsp3) is 0.500. The van der Waals surface area contributed by atoms with E-state index >= 15 is 0 Å². The molecular weight excluding hydrogens is 256 g/mol. The van der Waals surface area contributed by atoms with E-state index in [-0.39, 0.29) is 0 Å². The van der Waals surface area contributed by atoms with E-state index in [0.717, 1.165) is 18.1 Å². The van der Waals surface area contributed by atoms with E-state index in [0.29, 0.717) is 0 Å². The second kappa shape index (κ2) is 5.56. The Labute approximate surface area is 120 Å². The van der Waals surface area contributed by atoms with Crippen LogP contribution in [0.2, 0.25) is 5.02 Å². The van der Waals surface area contributed by atoms with Crippen molar-refractivity contribution in [1.82, 2.24) is 9.47 Å². The maximum absolute atomic E-state index is 6.32. The Hall–Kier alpha value is -0.990. The van der Waals surface area contributed by atoms with Gasteiger partial charge in [0.05, 0.1) is 0 Å². The molecule has 0 spiro atoms. The fourth-order valence-corrected chi connectivity index (χ4v) is 3.38. The van der Waals surface area contributed by atoms with E-state index in [2.05, 4.69) is 28.5 Å². The molecule has 0 atom stereocenters. The van der Waals surface area contributed by atoms with Crippen LogP contribution in [-0.4, -0.2) is 22.6 Å². The van der Waals surface area contributed by atoms with Crippen LogP contribution in [0.5, 0.6) is 0 Å². The zero-order valence-corrected chi connectivity index (χ0v) is 12.3. The molecule has 0 unspecified atom stereocenters. The molecule has 1 aliphatic heterocycles. The van der Waals surface area contributed by atoms with Gasteiger partial charge in [0, 0.05) is 34.7 Å². The van der Waals surface area contributed by atoms with Crippen LogP contribution >= 0.6 is 11.6 Å². The molecule has 1 aliphatic rings. The Bertz CT molecular complexity index is 567. The van der Waals surface area contributed by atoms with Crippen LogP contribution in [-0.2, 0) is 13.1 Å². The lowest BCUT2D eigenvalue weighted by Gasteiger charge is -2.26. The van der Waals surface area contributed by atoms with Crippen LogP contribution in [0.15, 0.2) is 24.3 Å². The van der Waals surface area contributed by atoms with Gasteiger partial charge < -0.3 is 4.57 Å². The topological polar surface area (TPSA) is 8.17 Å². The molecule has 0 N–H and O–H groups in total. The molecule has 2 heterocycles. The summed E-state index contributed by atoms with van der Waals surface area (Å²) in [4.78, 5) is 2.57. The van der Waals surface area contributed by atoms with E-state index in [1.807, 2.05) is 12.1 Å². The highest BCUT2D eigenvalue weighted by Crippen LogP contribution is 2.28. The first-order chi connectivity index (χ1) is 9.29. The number of aromatic nitrogens is 1. The second-order valence-corrected chi connectivity index (χ2v) is 5.80. The molecule has 3 heteroatoms. The van der Waals surface area contributed by atoms with Gasteiger partial charge in [-0.3, -0.25) is 4.90 Å². The summed E-state index contributed by atoms with van der Waals surface area (Å²) in [5.74, 6) is 0. The zero-order chi connectivity index (χ0) is 13.2. The van der Waals surface area contributed by atoms with Crippen molar-refractivity contribution in [1.29, 1.82) is 0 Å². The number of hydrogen-bond acceptors (Lipinski definition) is 1. The molecule has 1 aromatic heterocycles. The van der Waals surface area contributed by atoms with E-state index in [9.17, 15) is 0 Å². The number of likely N-dealkylation sites (tertiary alicyclic amines) is 1. The molecule has 0 saturated carbocycles. The quantitative estimate of drug-likeness (QED) is 0.811. The Morgan fingerprint density at radius 1 is 1.16 bits per heavy atom. The van der Waals surface area contributed by atoms with Crippen molar-refractivity contribution in [2.75, 3.05) is 13.1 Å². The smallest absolute Gasteiger partial charge is 0.0499 e. The molecule has 2 nitrogen and oxygen atoms in total. The zero-order valence-electron chi connectivity index (χ0n) is 11.5. The highest BCUT2D eigenvalue weighted by Gasteiger charge is 2.15. The van der Waals surface area contributed by atoms with Crippen molar-refractivity contribution in [2.24, 2.45) is 0 Å². The van der Waals surface area contributed by atoms with Gasteiger partial charge in [-0.1, -0.05) is 24.1 Å². The number of benzene rings is 1. The molecule has 0 bridgehead atoms. The summed E-state index contributed by atoms with van der Waals surface area (Å²) in [6, 6.07) is 8.47. The van der Waals surface area contributed by atoms with Crippen molar-refractivity contribution in [3.05, 3.63) is 35.0 Å². The molecule has 0 amide bonds. The Balaban J connectivity index is 1.95. The van der Waals surface area contributed by atoms with E-state index in [4.69, 9.17) is 11.6 Å². The summed E-state index contributed by atoms with van der Waals surface area (Å²) in [6.07, 6.45) is 4.07. The van der Waals surface area contributed by atoms with Crippen molar-refractivity contribution < 1.29 is 0 Å². The largest absolute Gasteiger partial charge is 0.344 e. The highest BCUT2D eigenvalue weighted by atomic mass is 35.5. The molecule has 1 aromatic carbocycles. The first-order valence-electron chi connectivity index (χ1n) is 7.28. The molecule has 2 aromatic rings. The Morgan fingerprint density at radius 3 is 2.68 bits per heavy atom. The van der Waals surface area contributed by atoms with E-state index < -0.39 is 0 Å². The van der Waals surface area contributed by atoms with Crippen LogP contribution < -0.4 is 0 Å². The van der Waals surface area contributed by atoms with Gasteiger partial charge in [0.15, 0.2) is 0 Å². The summed E-state index contributed by atoms with van der Waals surface area (Å²) >= 11 is 6.32. The highest BCUT2D eigenvalue weighted by molar-refractivity contribution is 6.35. The summed E-state index contributed by atoms with van der Waals surface area (Å²) in [7, 11) is 0. The third kappa shape index (κ3) is 2.52. The SMILES string of the molecule is CCn1c(CN2CCCCC2)cc2c(Cl)cccc21. The van der Waals surface area contributed by atoms with E-state index in [1.165, 1.54) is 48.9 Å². The number of halogens is 1. The number of hydrogen-bond donors (Lipinski definition) is 0. The molecule has 102 valence electrons. The third-order valence-corrected chi connectivity index (χ3v) is 4.46. The van der Waals surface area contributed by atoms with Crippen molar-refractivity contribution in [3.8, 4) is 0 Å². The van der Waals surface area contributed by atoms with Gasteiger partial charge in [0.2, 0.25) is 0 Å². The normalized spacial score (nSPS) is 17.2. The first kappa shape index (κ1) is 13.0. The van der Waals surface area contributed by atoms with Gasteiger partial charge in [-0.2, -0.15) is 0 Å². The number of aryl methyl sites for hydroxylation is 1. The molecule has 0 radical (unpaired) electrons. The molecule has 1 saturated heterocycles. The maximum Gasteiger partial charge on any atom is 0.0499 e. The van der Waals surface area contributed by atoms with Crippen molar-refractivity contribution in [2.45, 2.75) is 39.3 Å². The van der Waals surface area contributed by atoms with Crippen LogP contribution in [0.25, 0.3) is 10.9 Å². The minimum absolute atomic E-state index is 0.865. The average Bonchev–Trinajstić information content (AvgIpc) is 2.79. The Morgan fingerprint density at radius 2 is 1.95 bits per heavy atom. The monoisotopic (exact) mass is 276 g/mol. The van der Waals surface area contributed by atoms with Gasteiger partial charge in [0.25, 0.3) is 0 Å². The number of nitrogens with zero attached hydrogens (tertiary/aromatic N) is 2. The number of rotatable bonds is 3. The van der Waals surface area contributed by atoms with Gasteiger partial charge in [-0.25, -0.2) is 0 Å². The molecule has 1 fully saturated rings. The summed E-state index contributed by atoms with van der Waals surface area (Å²) in [6.45, 7) is 6.74. The van der Waals surface area contributed by atoms with Crippen LogP contribution in [0.1, 0.15) is 31.9 Å². The van der Waals surface area contributed by atoms with Gasteiger partial charge in [-0.05, 0) is 51.1 Å². The third-order valence-electron chi connectivity index (χ3n) is 4.13. The van der Waals surface area contributed by atoms with Gasteiger partial charge in [0.1, 0.15) is 0 Å². The van der Waals surface area contributed by atoms with Gasteiger partial charge in [-0.15, -0.1) is 0 Å². The molecule has 19 heavy (non-hydrogen) atoms. The minimum atomic E-state index is 0.865.